The highest BCUT2D eigenvalue weighted by Crippen LogP contribution is 2.23. The van der Waals surface area contributed by atoms with Gasteiger partial charge >= 0.3 is 0 Å². The average molecular weight is 416 g/mol. The smallest absolute Gasteiger partial charge is 0.255 e. The normalized spacial score (nSPS) is 14.6. The largest absolute Gasteiger partial charge is 0.380 e. The summed E-state index contributed by atoms with van der Waals surface area (Å²) >= 11 is 0. The summed E-state index contributed by atoms with van der Waals surface area (Å²) in [6, 6.07) is 25.2. The van der Waals surface area contributed by atoms with Gasteiger partial charge in [0.15, 0.2) is 12.2 Å². The number of benzene rings is 3. The number of hydrogen-bond acceptors (Lipinski definition) is 4. The van der Waals surface area contributed by atoms with E-state index in [0.29, 0.717) is 13.1 Å². The number of nitrogens with one attached hydrogen (secondary N) is 1. The van der Waals surface area contributed by atoms with Gasteiger partial charge in [0.25, 0.3) is 11.8 Å². The first-order valence-electron chi connectivity index (χ1n) is 10.2. The fraction of sp³-hybridized carbons (Fsp3) is 0.200. The molecule has 0 fully saturated rings. The Balaban J connectivity index is 1.30. The molecule has 6 nitrogen and oxygen atoms in total. The SMILES string of the molecule is O=C(NCc1ccc(-c2ccccc2)cc1)[C@H](O)[C@@H](O)C(=O)N1Cc2ccccc2C1. The molecular weight excluding hydrogens is 392 g/mol. The van der Waals surface area contributed by atoms with Crippen LogP contribution in [0.2, 0.25) is 0 Å². The summed E-state index contributed by atoms with van der Waals surface area (Å²) in [5.74, 6) is -1.45. The van der Waals surface area contributed by atoms with E-state index in [0.717, 1.165) is 27.8 Å². The fourth-order valence-electron chi connectivity index (χ4n) is 3.69. The van der Waals surface area contributed by atoms with Gasteiger partial charge in [-0.3, -0.25) is 9.59 Å². The van der Waals surface area contributed by atoms with E-state index in [1.807, 2.05) is 78.9 Å². The van der Waals surface area contributed by atoms with Crippen molar-refractivity contribution >= 4 is 11.8 Å². The lowest BCUT2D eigenvalue weighted by molar-refractivity contribution is -0.153. The van der Waals surface area contributed by atoms with Crippen LogP contribution in [-0.4, -0.2) is 39.1 Å². The van der Waals surface area contributed by atoms with E-state index in [2.05, 4.69) is 5.32 Å². The van der Waals surface area contributed by atoms with Crippen molar-refractivity contribution < 1.29 is 19.8 Å². The van der Waals surface area contributed by atoms with Crippen LogP contribution in [-0.2, 0) is 29.2 Å². The van der Waals surface area contributed by atoms with Gasteiger partial charge in [-0.2, -0.15) is 0 Å². The van der Waals surface area contributed by atoms with Gasteiger partial charge in [-0.25, -0.2) is 0 Å². The predicted octanol–water partition coefficient (Wildman–Crippen LogP) is 2.23. The Hall–Kier alpha value is -3.48. The lowest BCUT2D eigenvalue weighted by Gasteiger charge is -2.22. The molecule has 0 saturated carbocycles. The number of rotatable bonds is 6. The van der Waals surface area contributed by atoms with Crippen molar-refractivity contribution in [1.82, 2.24) is 10.2 Å². The highest BCUT2D eigenvalue weighted by Gasteiger charge is 2.35. The molecule has 0 aliphatic carbocycles. The minimum absolute atomic E-state index is 0.182. The van der Waals surface area contributed by atoms with E-state index in [4.69, 9.17) is 0 Å². The lowest BCUT2D eigenvalue weighted by Crippen LogP contribution is -2.49. The van der Waals surface area contributed by atoms with Crippen molar-refractivity contribution in [2.24, 2.45) is 0 Å². The molecule has 3 aromatic rings. The van der Waals surface area contributed by atoms with Gasteiger partial charge in [-0.1, -0.05) is 78.9 Å². The number of aliphatic hydroxyl groups excluding tert-OH is 2. The Bertz CT molecular complexity index is 1040. The molecule has 1 heterocycles. The summed E-state index contributed by atoms with van der Waals surface area (Å²) in [4.78, 5) is 26.3. The monoisotopic (exact) mass is 416 g/mol. The molecule has 0 unspecified atom stereocenters. The number of fused-ring (bicyclic) bond motifs is 1. The van der Waals surface area contributed by atoms with Crippen LogP contribution in [0, 0.1) is 0 Å². The van der Waals surface area contributed by atoms with Crippen LogP contribution in [0.4, 0.5) is 0 Å². The number of hydrogen-bond donors (Lipinski definition) is 3. The number of carbonyl (C=O) groups excluding carboxylic acids is 2. The van der Waals surface area contributed by atoms with Crippen LogP contribution in [0.1, 0.15) is 16.7 Å². The molecule has 0 saturated heterocycles. The van der Waals surface area contributed by atoms with E-state index in [1.165, 1.54) is 4.90 Å². The first kappa shape index (κ1) is 20.8. The Morgan fingerprint density at radius 3 is 1.94 bits per heavy atom. The third kappa shape index (κ3) is 4.66. The quantitative estimate of drug-likeness (QED) is 0.575. The van der Waals surface area contributed by atoms with E-state index < -0.39 is 24.0 Å². The maximum absolute atomic E-state index is 12.5. The van der Waals surface area contributed by atoms with Gasteiger partial charge < -0.3 is 20.4 Å². The van der Waals surface area contributed by atoms with Gasteiger partial charge in [0.05, 0.1) is 0 Å². The molecule has 0 aromatic heterocycles. The van der Waals surface area contributed by atoms with Gasteiger partial charge in [0, 0.05) is 19.6 Å². The first-order valence-corrected chi connectivity index (χ1v) is 10.2. The van der Waals surface area contributed by atoms with Crippen molar-refractivity contribution in [3.8, 4) is 11.1 Å². The number of nitrogens with zero attached hydrogens (tertiary/aromatic N) is 1. The Morgan fingerprint density at radius 1 is 0.774 bits per heavy atom. The predicted molar refractivity (Wildman–Crippen MR) is 116 cm³/mol. The van der Waals surface area contributed by atoms with Crippen molar-refractivity contribution in [2.45, 2.75) is 31.8 Å². The van der Waals surface area contributed by atoms with Gasteiger partial charge in [-0.05, 0) is 27.8 Å². The molecule has 0 spiro atoms. The minimum Gasteiger partial charge on any atom is -0.380 e. The fourth-order valence-corrected chi connectivity index (χ4v) is 3.69. The van der Waals surface area contributed by atoms with Crippen LogP contribution < -0.4 is 5.32 Å². The molecule has 158 valence electrons. The molecule has 0 bridgehead atoms. The summed E-state index contributed by atoms with van der Waals surface area (Å²) < 4.78 is 0. The lowest BCUT2D eigenvalue weighted by atomic mass is 10.0. The third-order valence-electron chi connectivity index (χ3n) is 5.50. The molecule has 1 aliphatic heterocycles. The number of amides is 2. The van der Waals surface area contributed by atoms with Crippen molar-refractivity contribution in [3.05, 3.63) is 95.6 Å². The summed E-state index contributed by atoms with van der Waals surface area (Å²) in [6.45, 7) is 0.892. The molecule has 31 heavy (non-hydrogen) atoms. The maximum Gasteiger partial charge on any atom is 0.255 e. The molecular formula is C25H24N2O4. The van der Waals surface area contributed by atoms with Crippen molar-refractivity contribution in [2.75, 3.05) is 0 Å². The van der Waals surface area contributed by atoms with Crippen molar-refractivity contribution in [1.29, 1.82) is 0 Å². The van der Waals surface area contributed by atoms with Gasteiger partial charge in [0.2, 0.25) is 0 Å². The highest BCUT2D eigenvalue weighted by atomic mass is 16.3. The maximum atomic E-state index is 12.5. The molecule has 3 N–H and O–H groups in total. The Kier molecular flexibility index (Phi) is 6.11. The third-order valence-corrected chi connectivity index (χ3v) is 5.50. The number of carbonyl (C=O) groups is 2. The second-order valence-corrected chi connectivity index (χ2v) is 7.63. The minimum atomic E-state index is -1.83. The molecule has 0 radical (unpaired) electrons. The topological polar surface area (TPSA) is 89.9 Å². The molecule has 2 atom stereocenters. The second kappa shape index (κ2) is 9.12. The standard InChI is InChI=1S/C25H24N2O4/c28-22(23(29)25(31)27-15-20-8-4-5-9-21(20)16-27)24(30)26-14-17-10-12-19(13-11-17)18-6-2-1-3-7-18/h1-13,22-23,28-29H,14-16H2,(H,26,30)/t22-,23-/m1/s1. The molecule has 3 aromatic carbocycles. The highest BCUT2D eigenvalue weighted by molar-refractivity contribution is 5.91. The van der Waals surface area contributed by atoms with E-state index >= 15 is 0 Å². The van der Waals surface area contributed by atoms with Crippen LogP contribution >= 0.6 is 0 Å². The van der Waals surface area contributed by atoms with Crippen LogP contribution in [0.3, 0.4) is 0 Å². The average Bonchev–Trinajstić information content (AvgIpc) is 3.26. The van der Waals surface area contributed by atoms with Crippen molar-refractivity contribution in [3.63, 3.8) is 0 Å². The van der Waals surface area contributed by atoms with Crippen LogP contribution in [0.15, 0.2) is 78.9 Å². The summed E-state index contributed by atoms with van der Waals surface area (Å²) in [5.41, 5.74) is 5.00. The van der Waals surface area contributed by atoms with Crippen LogP contribution in [0.5, 0.6) is 0 Å². The number of aliphatic hydroxyl groups is 2. The van der Waals surface area contributed by atoms with E-state index in [1.54, 1.807) is 0 Å². The van der Waals surface area contributed by atoms with Crippen LogP contribution in [0.25, 0.3) is 11.1 Å². The molecule has 2 amide bonds. The summed E-state index contributed by atoms with van der Waals surface area (Å²) in [6.07, 6.45) is -3.64. The Labute approximate surface area is 180 Å². The van der Waals surface area contributed by atoms with E-state index in [9.17, 15) is 19.8 Å². The molecule has 4 rings (SSSR count). The summed E-state index contributed by atoms with van der Waals surface area (Å²) in [7, 11) is 0. The zero-order valence-corrected chi connectivity index (χ0v) is 16.9. The molecule has 6 heteroatoms. The zero-order chi connectivity index (χ0) is 21.8. The zero-order valence-electron chi connectivity index (χ0n) is 16.9. The van der Waals surface area contributed by atoms with Gasteiger partial charge in [0.1, 0.15) is 0 Å². The first-order chi connectivity index (χ1) is 15.0. The second-order valence-electron chi connectivity index (χ2n) is 7.63. The van der Waals surface area contributed by atoms with E-state index in [-0.39, 0.29) is 6.54 Å². The summed E-state index contributed by atoms with van der Waals surface area (Å²) in [5, 5.41) is 23.0. The molecule has 1 aliphatic rings. The van der Waals surface area contributed by atoms with Gasteiger partial charge in [-0.15, -0.1) is 0 Å². The Morgan fingerprint density at radius 2 is 1.32 bits per heavy atom.